The number of piperazine rings is 1. The summed E-state index contributed by atoms with van der Waals surface area (Å²) in [7, 11) is 0. The van der Waals surface area contributed by atoms with E-state index in [1.807, 2.05) is 0 Å². The van der Waals surface area contributed by atoms with Crippen LogP contribution in [0.4, 0.5) is 9.59 Å². The van der Waals surface area contributed by atoms with E-state index in [0.717, 1.165) is 0 Å². The summed E-state index contributed by atoms with van der Waals surface area (Å²) in [6.07, 6.45) is 8.03. The van der Waals surface area contributed by atoms with E-state index in [4.69, 9.17) is 41.4 Å². The summed E-state index contributed by atoms with van der Waals surface area (Å²) in [6.45, 7) is 3.42. The third-order valence-electron chi connectivity index (χ3n) is 7.52. The lowest BCUT2D eigenvalue weighted by Crippen LogP contribution is -2.50. The molecule has 0 aromatic carbocycles. The molecule has 1 fully saturated rings. The molecule has 19 heteroatoms. The molecular weight excluding hydrogens is 710 g/mol. The number of imidazole rings is 1. The van der Waals surface area contributed by atoms with Crippen LogP contribution < -0.4 is 0 Å². The predicted octanol–water partition coefficient (Wildman–Crippen LogP) is 5.48. The fourth-order valence-corrected chi connectivity index (χ4v) is 4.76. The highest BCUT2D eigenvalue weighted by Crippen LogP contribution is 2.23. The minimum Gasteiger partial charge on any atom is -0.461 e. The number of rotatable bonds is 8. The molecule has 0 radical (unpaired) electrons. The molecule has 1 aliphatic rings. The van der Waals surface area contributed by atoms with Crippen molar-refractivity contribution in [3.05, 3.63) is 109 Å². The van der Waals surface area contributed by atoms with Crippen molar-refractivity contribution in [1.29, 1.82) is 0 Å². The van der Waals surface area contributed by atoms with E-state index in [2.05, 4.69) is 20.5 Å². The van der Waals surface area contributed by atoms with E-state index in [9.17, 15) is 14.4 Å². The molecule has 0 unspecified atom stereocenters. The van der Waals surface area contributed by atoms with E-state index in [0.29, 0.717) is 77.8 Å². The van der Waals surface area contributed by atoms with Gasteiger partial charge in [-0.25, -0.2) is 19.1 Å². The Labute approximate surface area is 305 Å². The Kier molecular flexibility index (Phi) is 12.1. The standard InChI is InChI=1S/C15H17N3O5.C12H9N3O4.C8H7NO3/c1-11(19)17-4-6-18(7-5-17)15(20)22-10-12-9-14(23-16-12)13-3-2-8-21-13;16-12(15-4-3-13-8-15)18-7-9-6-11(19-14-9)10-2-1-5-17-10;10-5-6-4-8(12-9-6)7-2-1-3-11-7/h2-3,8-9H,4-7,10H2,1H3;1-6,8H,7H2;1-4,10H,5H2. The Morgan fingerprint density at radius 2 is 1.13 bits per heavy atom. The molecule has 0 bridgehead atoms. The predicted molar refractivity (Wildman–Crippen MR) is 180 cm³/mol. The van der Waals surface area contributed by atoms with Gasteiger partial charge in [-0.15, -0.1) is 0 Å². The number of ether oxygens (including phenoxy) is 2. The van der Waals surface area contributed by atoms with Gasteiger partial charge in [-0.1, -0.05) is 15.5 Å². The van der Waals surface area contributed by atoms with Gasteiger partial charge in [0, 0.05) is 63.7 Å². The van der Waals surface area contributed by atoms with Gasteiger partial charge in [0.25, 0.3) is 0 Å². The molecule has 7 aromatic rings. The summed E-state index contributed by atoms with van der Waals surface area (Å²) in [5.41, 5.74) is 1.51. The average Bonchev–Trinajstić information content (AvgIpc) is 4.06. The van der Waals surface area contributed by atoms with E-state index in [-0.39, 0.29) is 25.7 Å². The molecule has 0 atom stereocenters. The van der Waals surface area contributed by atoms with Gasteiger partial charge in [0.1, 0.15) is 36.6 Å². The Bertz CT molecular complexity index is 2160. The lowest BCUT2D eigenvalue weighted by atomic mass is 10.3. The number of amides is 2. The summed E-state index contributed by atoms with van der Waals surface area (Å²) >= 11 is 0. The molecule has 54 heavy (non-hydrogen) atoms. The number of carbonyl (C=O) groups excluding carboxylic acids is 3. The zero-order chi connectivity index (χ0) is 37.7. The van der Waals surface area contributed by atoms with Gasteiger partial charge < -0.3 is 51.2 Å². The number of nitrogens with zero attached hydrogens (tertiary/aromatic N) is 7. The first-order chi connectivity index (χ1) is 26.4. The van der Waals surface area contributed by atoms with Gasteiger partial charge >= 0.3 is 12.2 Å². The summed E-state index contributed by atoms with van der Waals surface area (Å²) < 4.78 is 42.0. The zero-order valence-corrected chi connectivity index (χ0v) is 28.7. The maximum absolute atomic E-state index is 12.0. The van der Waals surface area contributed by atoms with Crippen LogP contribution in [0.5, 0.6) is 0 Å². The molecule has 1 aliphatic heterocycles. The average molecular weight is 744 g/mol. The second kappa shape index (κ2) is 17.9. The molecule has 1 N–H and O–H groups in total. The zero-order valence-electron chi connectivity index (χ0n) is 28.7. The van der Waals surface area contributed by atoms with Crippen LogP contribution in [0.1, 0.15) is 24.0 Å². The number of aliphatic hydroxyl groups excluding tert-OH is 1. The summed E-state index contributed by atoms with van der Waals surface area (Å²) in [6, 6.07) is 15.5. The molecule has 2 amide bonds. The van der Waals surface area contributed by atoms with Gasteiger partial charge in [-0.2, -0.15) is 0 Å². The molecule has 0 aliphatic carbocycles. The van der Waals surface area contributed by atoms with Crippen LogP contribution in [-0.2, 0) is 34.1 Å². The second-order valence-corrected chi connectivity index (χ2v) is 11.2. The molecule has 1 saturated heterocycles. The minimum atomic E-state index is -0.528. The van der Waals surface area contributed by atoms with Gasteiger partial charge in [-0.05, 0) is 36.4 Å². The van der Waals surface area contributed by atoms with Gasteiger partial charge in [-0.3, -0.25) is 4.79 Å². The topological polar surface area (TPSA) is 232 Å². The number of carbonyl (C=O) groups is 3. The van der Waals surface area contributed by atoms with Crippen LogP contribution in [0.15, 0.2) is 119 Å². The third kappa shape index (κ3) is 9.79. The largest absolute Gasteiger partial charge is 0.461 e. The van der Waals surface area contributed by atoms with Crippen molar-refractivity contribution in [2.75, 3.05) is 26.2 Å². The van der Waals surface area contributed by atoms with Crippen LogP contribution >= 0.6 is 0 Å². The van der Waals surface area contributed by atoms with Crippen LogP contribution in [0, 0.1) is 0 Å². The van der Waals surface area contributed by atoms with Crippen LogP contribution in [0.3, 0.4) is 0 Å². The summed E-state index contributed by atoms with van der Waals surface area (Å²) in [5.74, 6) is 3.27. The van der Waals surface area contributed by atoms with Crippen molar-refractivity contribution in [1.82, 2.24) is 34.8 Å². The Morgan fingerprint density at radius 3 is 1.54 bits per heavy atom. The van der Waals surface area contributed by atoms with Crippen molar-refractivity contribution >= 4 is 18.1 Å². The first-order valence-corrected chi connectivity index (χ1v) is 16.3. The van der Waals surface area contributed by atoms with E-state index in [1.165, 1.54) is 42.7 Å². The molecule has 280 valence electrons. The van der Waals surface area contributed by atoms with Gasteiger partial charge in [0.05, 0.1) is 25.4 Å². The molecule has 0 saturated carbocycles. The van der Waals surface area contributed by atoms with E-state index < -0.39 is 12.2 Å². The van der Waals surface area contributed by atoms with Crippen LogP contribution in [0.2, 0.25) is 0 Å². The minimum absolute atomic E-state index is 0.0151. The van der Waals surface area contributed by atoms with Crippen molar-refractivity contribution in [3.63, 3.8) is 0 Å². The van der Waals surface area contributed by atoms with Crippen molar-refractivity contribution < 1.29 is 55.8 Å². The monoisotopic (exact) mass is 743 g/mol. The number of furan rings is 3. The first kappa shape index (κ1) is 36.6. The summed E-state index contributed by atoms with van der Waals surface area (Å²) in [5, 5.41) is 19.9. The fraction of sp³-hybridized carbons (Fsp3) is 0.229. The maximum atomic E-state index is 12.0. The SMILES string of the molecule is CC(=O)N1CCN(C(=O)OCc2cc(-c3ccco3)on2)CC1.O=C(OCc1cc(-c2ccco2)on1)n1ccnc1.OCc1cc(-c2ccco2)on1. The quantitative estimate of drug-likeness (QED) is 0.203. The number of aliphatic hydroxyl groups is 1. The highest BCUT2D eigenvalue weighted by atomic mass is 16.6. The van der Waals surface area contributed by atoms with Gasteiger partial charge in [0.15, 0.2) is 17.3 Å². The van der Waals surface area contributed by atoms with Gasteiger partial charge in [0.2, 0.25) is 23.2 Å². The second-order valence-electron chi connectivity index (χ2n) is 11.2. The molecule has 19 nitrogen and oxygen atoms in total. The number of hydrogen-bond donors (Lipinski definition) is 1. The first-order valence-electron chi connectivity index (χ1n) is 16.3. The van der Waals surface area contributed by atoms with Crippen molar-refractivity contribution in [3.8, 4) is 34.6 Å². The highest BCUT2D eigenvalue weighted by Gasteiger charge is 2.24. The van der Waals surface area contributed by atoms with Crippen molar-refractivity contribution in [2.45, 2.75) is 26.7 Å². The molecular formula is C35H33N7O12. The highest BCUT2D eigenvalue weighted by molar-refractivity contribution is 5.74. The molecule has 8 rings (SSSR count). The Hall–Kier alpha value is -7.15. The number of aromatic nitrogens is 5. The smallest absolute Gasteiger partial charge is 0.419 e. The number of hydrogen-bond acceptors (Lipinski definition) is 16. The molecule has 8 heterocycles. The summed E-state index contributed by atoms with van der Waals surface area (Å²) in [4.78, 5) is 41.8. The fourth-order valence-electron chi connectivity index (χ4n) is 4.76. The lowest BCUT2D eigenvalue weighted by molar-refractivity contribution is -0.130. The Morgan fingerprint density at radius 1 is 0.667 bits per heavy atom. The normalized spacial score (nSPS) is 12.3. The van der Waals surface area contributed by atoms with Crippen LogP contribution in [0.25, 0.3) is 34.6 Å². The lowest BCUT2D eigenvalue weighted by Gasteiger charge is -2.33. The molecule has 0 spiro atoms. The molecule has 7 aromatic heterocycles. The van der Waals surface area contributed by atoms with E-state index in [1.54, 1.807) is 70.7 Å². The Balaban J connectivity index is 0.000000145. The van der Waals surface area contributed by atoms with E-state index >= 15 is 0 Å². The van der Waals surface area contributed by atoms with Crippen LogP contribution in [-0.4, -0.2) is 84.2 Å². The third-order valence-corrected chi connectivity index (χ3v) is 7.52. The maximum Gasteiger partial charge on any atom is 0.419 e. The van der Waals surface area contributed by atoms with Crippen molar-refractivity contribution in [2.24, 2.45) is 0 Å².